The Labute approximate surface area is 101 Å². The van der Waals surface area contributed by atoms with Crippen LogP contribution in [0.5, 0.6) is 0 Å². The number of hydrogen-bond donors (Lipinski definition) is 2. The highest BCUT2D eigenvalue weighted by Crippen LogP contribution is 2.21. The molecule has 2 aliphatic rings. The summed E-state index contributed by atoms with van der Waals surface area (Å²) in [5, 5.41) is 10.3. The Morgan fingerprint density at radius 2 is 2.24 bits per heavy atom. The number of aromatic nitrogens is 2. The zero-order chi connectivity index (χ0) is 11.8. The van der Waals surface area contributed by atoms with Crippen LogP contribution in [0.1, 0.15) is 35.3 Å². The summed E-state index contributed by atoms with van der Waals surface area (Å²) in [6.45, 7) is 3.58. The van der Waals surface area contributed by atoms with Crippen molar-refractivity contribution in [1.82, 2.24) is 20.4 Å². The highest BCUT2D eigenvalue weighted by Gasteiger charge is 2.31. The summed E-state index contributed by atoms with van der Waals surface area (Å²) >= 11 is 0. The number of carbonyl (C=O) groups is 1. The molecule has 0 spiro atoms. The lowest BCUT2D eigenvalue weighted by Gasteiger charge is -2.24. The molecule has 2 atom stereocenters. The van der Waals surface area contributed by atoms with Crippen LogP contribution in [0.15, 0.2) is 6.20 Å². The predicted molar refractivity (Wildman–Crippen MR) is 63.8 cm³/mol. The van der Waals surface area contributed by atoms with Crippen LogP contribution >= 0.6 is 0 Å². The fourth-order valence-corrected chi connectivity index (χ4v) is 2.86. The second-order valence-corrected chi connectivity index (χ2v) is 5.09. The van der Waals surface area contributed by atoms with Crippen LogP contribution in [-0.4, -0.2) is 46.2 Å². The summed E-state index contributed by atoms with van der Waals surface area (Å²) < 4.78 is 0. The molecule has 2 bridgehead atoms. The minimum Gasteiger partial charge on any atom is -0.337 e. The number of aryl methyl sites for hydroxylation is 1. The molecule has 5 nitrogen and oxygen atoms in total. The van der Waals surface area contributed by atoms with Crippen LogP contribution in [0.25, 0.3) is 0 Å². The molecule has 0 aliphatic carbocycles. The zero-order valence-corrected chi connectivity index (χ0v) is 10.1. The number of nitrogens with one attached hydrogen (secondary N) is 2. The lowest BCUT2D eigenvalue weighted by atomic mass is 10.1. The Kier molecular flexibility index (Phi) is 2.63. The van der Waals surface area contributed by atoms with Crippen molar-refractivity contribution in [2.24, 2.45) is 0 Å². The van der Waals surface area contributed by atoms with Gasteiger partial charge >= 0.3 is 0 Å². The summed E-state index contributed by atoms with van der Waals surface area (Å²) in [4.78, 5) is 14.3. The van der Waals surface area contributed by atoms with Crippen molar-refractivity contribution >= 4 is 5.91 Å². The second kappa shape index (κ2) is 4.14. The molecule has 3 rings (SSSR count). The summed E-state index contributed by atoms with van der Waals surface area (Å²) in [7, 11) is 0. The van der Waals surface area contributed by atoms with Gasteiger partial charge in [-0.3, -0.25) is 9.89 Å². The Morgan fingerprint density at radius 3 is 3.00 bits per heavy atom. The maximum atomic E-state index is 12.3. The number of aromatic amines is 1. The molecule has 1 amide bonds. The molecule has 3 heterocycles. The van der Waals surface area contributed by atoms with Crippen LogP contribution < -0.4 is 5.32 Å². The van der Waals surface area contributed by atoms with E-state index in [9.17, 15) is 4.79 Å². The number of rotatable bonds is 1. The maximum absolute atomic E-state index is 12.3. The molecule has 1 aromatic rings. The van der Waals surface area contributed by atoms with Gasteiger partial charge in [0.15, 0.2) is 0 Å². The molecule has 2 fully saturated rings. The van der Waals surface area contributed by atoms with E-state index in [0.29, 0.717) is 17.6 Å². The van der Waals surface area contributed by atoms with Crippen molar-refractivity contribution in [1.29, 1.82) is 0 Å². The van der Waals surface area contributed by atoms with Gasteiger partial charge in [-0.1, -0.05) is 0 Å². The van der Waals surface area contributed by atoms with Gasteiger partial charge in [-0.25, -0.2) is 0 Å². The van der Waals surface area contributed by atoms with Gasteiger partial charge in [-0.15, -0.1) is 0 Å². The molecule has 0 saturated carbocycles. The summed E-state index contributed by atoms with van der Waals surface area (Å²) in [5.74, 6) is 0.116. The first-order valence-corrected chi connectivity index (χ1v) is 6.29. The van der Waals surface area contributed by atoms with E-state index in [1.54, 1.807) is 6.20 Å². The highest BCUT2D eigenvalue weighted by atomic mass is 16.2. The fraction of sp³-hybridized carbons (Fsp3) is 0.667. The molecule has 0 aromatic carbocycles. The number of carbonyl (C=O) groups excluding carboxylic acids is 1. The molecular weight excluding hydrogens is 216 g/mol. The zero-order valence-electron chi connectivity index (χ0n) is 10.1. The minimum absolute atomic E-state index is 0.116. The number of likely N-dealkylation sites (tertiary alicyclic amines) is 1. The van der Waals surface area contributed by atoms with Crippen LogP contribution in [-0.2, 0) is 0 Å². The number of H-pyrrole nitrogens is 1. The molecule has 5 heteroatoms. The van der Waals surface area contributed by atoms with E-state index < -0.39 is 0 Å². The van der Waals surface area contributed by atoms with E-state index >= 15 is 0 Å². The molecule has 2 aliphatic heterocycles. The van der Waals surface area contributed by atoms with Gasteiger partial charge in [0.2, 0.25) is 0 Å². The van der Waals surface area contributed by atoms with Gasteiger partial charge in [-0.05, 0) is 26.2 Å². The number of hydrogen-bond acceptors (Lipinski definition) is 3. The van der Waals surface area contributed by atoms with Crippen LogP contribution in [0.3, 0.4) is 0 Å². The summed E-state index contributed by atoms with van der Waals surface area (Å²) in [6, 6.07) is 1.10. The monoisotopic (exact) mass is 234 g/mol. The predicted octanol–water partition coefficient (Wildman–Crippen LogP) is 0.685. The lowest BCUT2D eigenvalue weighted by molar-refractivity contribution is 0.0747. The second-order valence-electron chi connectivity index (χ2n) is 5.09. The fourth-order valence-electron chi connectivity index (χ4n) is 2.86. The average molecular weight is 234 g/mol. The van der Waals surface area contributed by atoms with Crippen molar-refractivity contribution in [2.45, 2.75) is 38.3 Å². The maximum Gasteiger partial charge on any atom is 0.257 e. The normalized spacial score (nSPS) is 28.2. The third-order valence-electron chi connectivity index (χ3n) is 3.87. The average Bonchev–Trinajstić information content (AvgIpc) is 2.84. The van der Waals surface area contributed by atoms with Crippen molar-refractivity contribution < 1.29 is 4.79 Å². The summed E-state index contributed by atoms with van der Waals surface area (Å²) in [5.41, 5.74) is 1.57. The molecule has 0 radical (unpaired) electrons. The number of fused-ring (bicyclic) bond motifs is 2. The van der Waals surface area contributed by atoms with E-state index in [0.717, 1.165) is 25.2 Å². The van der Waals surface area contributed by atoms with Gasteiger partial charge in [0.1, 0.15) is 0 Å². The van der Waals surface area contributed by atoms with E-state index in [1.165, 1.54) is 12.8 Å². The van der Waals surface area contributed by atoms with E-state index in [-0.39, 0.29) is 5.91 Å². The molecular formula is C12H18N4O. The van der Waals surface area contributed by atoms with Crippen LogP contribution in [0.4, 0.5) is 0 Å². The first-order chi connectivity index (χ1) is 8.24. The van der Waals surface area contributed by atoms with Crippen molar-refractivity contribution in [3.05, 3.63) is 17.5 Å². The minimum atomic E-state index is 0.116. The van der Waals surface area contributed by atoms with Crippen LogP contribution in [0.2, 0.25) is 0 Å². The smallest absolute Gasteiger partial charge is 0.257 e. The van der Waals surface area contributed by atoms with Crippen molar-refractivity contribution in [2.75, 3.05) is 13.1 Å². The molecule has 2 saturated heterocycles. The quantitative estimate of drug-likeness (QED) is 0.751. The molecule has 92 valence electrons. The topological polar surface area (TPSA) is 61.0 Å². The highest BCUT2D eigenvalue weighted by molar-refractivity contribution is 5.95. The van der Waals surface area contributed by atoms with E-state index in [4.69, 9.17) is 0 Å². The Hall–Kier alpha value is -1.36. The Bertz CT molecular complexity index is 428. The first kappa shape index (κ1) is 10.8. The SMILES string of the molecule is Cc1[nH]ncc1C(=O)N1CCC2CCC(C1)N2. The van der Waals surface area contributed by atoms with Gasteiger partial charge in [0.25, 0.3) is 5.91 Å². The van der Waals surface area contributed by atoms with Gasteiger partial charge in [-0.2, -0.15) is 5.10 Å². The lowest BCUT2D eigenvalue weighted by Crippen LogP contribution is -2.39. The largest absolute Gasteiger partial charge is 0.337 e. The van der Waals surface area contributed by atoms with Crippen LogP contribution in [0, 0.1) is 6.92 Å². The molecule has 1 aromatic heterocycles. The third kappa shape index (κ3) is 1.95. The van der Waals surface area contributed by atoms with E-state index in [1.807, 2.05) is 11.8 Å². The van der Waals surface area contributed by atoms with Crippen molar-refractivity contribution in [3.63, 3.8) is 0 Å². The third-order valence-corrected chi connectivity index (χ3v) is 3.87. The molecule has 2 N–H and O–H groups in total. The first-order valence-electron chi connectivity index (χ1n) is 6.29. The van der Waals surface area contributed by atoms with Gasteiger partial charge in [0.05, 0.1) is 11.8 Å². The van der Waals surface area contributed by atoms with Gasteiger partial charge < -0.3 is 10.2 Å². The van der Waals surface area contributed by atoms with Gasteiger partial charge in [0, 0.05) is 30.9 Å². The standard InChI is InChI=1S/C12H18N4O/c1-8-11(6-13-15-8)12(17)16-5-4-9-2-3-10(7-16)14-9/h6,9-10,14H,2-5,7H2,1H3,(H,13,15). The Morgan fingerprint density at radius 1 is 1.41 bits per heavy atom. The van der Waals surface area contributed by atoms with E-state index in [2.05, 4.69) is 15.5 Å². The summed E-state index contributed by atoms with van der Waals surface area (Å²) in [6.07, 6.45) is 5.16. The molecule has 17 heavy (non-hydrogen) atoms. The molecule has 2 unspecified atom stereocenters. The number of nitrogens with zero attached hydrogens (tertiary/aromatic N) is 2. The Balaban J connectivity index is 1.76. The van der Waals surface area contributed by atoms with Crippen molar-refractivity contribution in [3.8, 4) is 0 Å². The number of amides is 1.